The van der Waals surface area contributed by atoms with Gasteiger partial charge in [-0.1, -0.05) is 0 Å². The monoisotopic (exact) mass is 458 g/mol. The number of nitrogens with one attached hydrogen (secondary N) is 2. The van der Waals surface area contributed by atoms with Gasteiger partial charge in [0.15, 0.2) is 5.96 Å². The van der Waals surface area contributed by atoms with E-state index in [-0.39, 0.29) is 29.5 Å². The summed E-state index contributed by atoms with van der Waals surface area (Å²) in [7, 11) is 0. The molecule has 2 N–H and O–H groups in total. The second kappa shape index (κ2) is 11.8. The van der Waals surface area contributed by atoms with Crippen molar-refractivity contribution in [2.24, 2.45) is 4.99 Å². The lowest BCUT2D eigenvalue weighted by Gasteiger charge is -2.44. The molecule has 1 heterocycles. The van der Waals surface area contributed by atoms with E-state index in [2.05, 4.69) is 56.4 Å². The van der Waals surface area contributed by atoms with Crippen molar-refractivity contribution in [2.75, 3.05) is 44.7 Å². The second-order valence-electron chi connectivity index (χ2n) is 6.59. The fraction of sp³-hybridized carbons (Fsp3) is 0.938. The molecule has 0 aromatic heterocycles. The van der Waals surface area contributed by atoms with Crippen LogP contribution >= 0.6 is 35.7 Å². The van der Waals surface area contributed by atoms with Crippen LogP contribution in [0.25, 0.3) is 0 Å². The Morgan fingerprint density at radius 2 is 1.87 bits per heavy atom. The van der Waals surface area contributed by atoms with Gasteiger partial charge >= 0.3 is 0 Å². The molecule has 0 saturated carbocycles. The first-order chi connectivity index (χ1) is 10.4. The Balaban J connectivity index is 0.00000484. The molecule has 0 aliphatic carbocycles. The van der Waals surface area contributed by atoms with Gasteiger partial charge in [-0.3, -0.25) is 9.89 Å². The van der Waals surface area contributed by atoms with Gasteiger partial charge in [-0.25, -0.2) is 0 Å². The van der Waals surface area contributed by atoms with E-state index in [0.29, 0.717) is 12.2 Å². The lowest BCUT2D eigenvalue weighted by atomic mass is 10.0. The number of aliphatic imine (C=N–C) groups is 1. The molecule has 1 aliphatic heterocycles. The predicted molar refractivity (Wildman–Crippen MR) is 113 cm³/mol. The molecule has 0 amide bonds. The van der Waals surface area contributed by atoms with Crippen LogP contribution in [0, 0.1) is 0 Å². The fourth-order valence-corrected chi connectivity index (χ4v) is 2.96. The van der Waals surface area contributed by atoms with Gasteiger partial charge in [-0.15, -0.1) is 24.0 Å². The van der Waals surface area contributed by atoms with E-state index < -0.39 is 0 Å². The highest BCUT2D eigenvalue weighted by Crippen LogP contribution is 2.21. The molecule has 0 radical (unpaired) electrons. The number of hydrogen-bond acceptors (Lipinski definition) is 4. The molecule has 2 atom stereocenters. The lowest BCUT2D eigenvalue weighted by Crippen LogP contribution is -2.56. The SMILES string of the molecule is CCNC(=NCC(C)(C)N1CC(C)OC(C)C1)NCCSC.I. The molecule has 7 heteroatoms. The summed E-state index contributed by atoms with van der Waals surface area (Å²) in [4.78, 5) is 7.29. The molecule has 1 saturated heterocycles. The van der Waals surface area contributed by atoms with Gasteiger partial charge in [0.25, 0.3) is 0 Å². The van der Waals surface area contributed by atoms with Crippen molar-refractivity contribution in [1.82, 2.24) is 15.5 Å². The van der Waals surface area contributed by atoms with Crippen molar-refractivity contribution < 1.29 is 4.74 Å². The molecule has 2 unspecified atom stereocenters. The molecule has 1 fully saturated rings. The van der Waals surface area contributed by atoms with E-state index in [1.54, 1.807) is 0 Å². The quantitative estimate of drug-likeness (QED) is 0.266. The van der Waals surface area contributed by atoms with Crippen LogP contribution < -0.4 is 10.6 Å². The van der Waals surface area contributed by atoms with Crippen LogP contribution in [0.15, 0.2) is 4.99 Å². The number of guanidine groups is 1. The summed E-state index contributed by atoms with van der Waals surface area (Å²) in [6.07, 6.45) is 2.70. The maximum atomic E-state index is 5.84. The molecular formula is C16H35IN4OS. The maximum absolute atomic E-state index is 5.84. The number of halogens is 1. The molecule has 0 spiro atoms. The highest BCUT2D eigenvalue weighted by Gasteiger charge is 2.33. The van der Waals surface area contributed by atoms with E-state index in [1.165, 1.54) is 0 Å². The predicted octanol–water partition coefficient (Wildman–Crippen LogP) is 2.41. The van der Waals surface area contributed by atoms with Crippen LogP contribution in [0.4, 0.5) is 0 Å². The van der Waals surface area contributed by atoms with Crippen LogP contribution in [-0.4, -0.2) is 73.3 Å². The van der Waals surface area contributed by atoms with Crippen LogP contribution in [0.3, 0.4) is 0 Å². The van der Waals surface area contributed by atoms with Gasteiger partial charge in [-0.05, 0) is 40.9 Å². The molecule has 138 valence electrons. The van der Waals surface area contributed by atoms with Crippen LogP contribution in [-0.2, 0) is 4.74 Å². The largest absolute Gasteiger partial charge is 0.373 e. The molecule has 5 nitrogen and oxygen atoms in total. The number of thioether (sulfide) groups is 1. The number of nitrogens with zero attached hydrogens (tertiary/aromatic N) is 2. The van der Waals surface area contributed by atoms with Crippen molar-refractivity contribution >= 4 is 41.7 Å². The summed E-state index contributed by atoms with van der Waals surface area (Å²) in [5.41, 5.74) is 0.0359. The Hall–Kier alpha value is 0.270. The van der Waals surface area contributed by atoms with Gasteiger partial charge in [0, 0.05) is 37.5 Å². The average Bonchev–Trinajstić information content (AvgIpc) is 2.44. The summed E-state index contributed by atoms with van der Waals surface area (Å²) in [6.45, 7) is 15.5. The Morgan fingerprint density at radius 1 is 1.26 bits per heavy atom. The van der Waals surface area contributed by atoms with Crippen LogP contribution in [0.5, 0.6) is 0 Å². The second-order valence-corrected chi connectivity index (χ2v) is 7.58. The summed E-state index contributed by atoms with van der Waals surface area (Å²) < 4.78 is 5.84. The topological polar surface area (TPSA) is 48.9 Å². The minimum absolute atomic E-state index is 0. The van der Waals surface area contributed by atoms with E-state index in [1.807, 2.05) is 11.8 Å². The van der Waals surface area contributed by atoms with E-state index in [9.17, 15) is 0 Å². The normalized spacial score (nSPS) is 23.3. The fourth-order valence-electron chi connectivity index (χ4n) is 2.66. The first-order valence-corrected chi connectivity index (χ1v) is 9.70. The zero-order valence-corrected chi connectivity index (χ0v) is 18.7. The van der Waals surface area contributed by atoms with Crippen molar-refractivity contribution in [2.45, 2.75) is 52.4 Å². The summed E-state index contributed by atoms with van der Waals surface area (Å²) in [5, 5.41) is 6.71. The molecule has 0 aromatic rings. The van der Waals surface area contributed by atoms with Gasteiger partial charge in [0.1, 0.15) is 0 Å². The summed E-state index contributed by atoms with van der Waals surface area (Å²) >= 11 is 1.84. The van der Waals surface area contributed by atoms with E-state index in [0.717, 1.165) is 44.4 Å². The first kappa shape index (κ1) is 23.3. The highest BCUT2D eigenvalue weighted by atomic mass is 127. The van der Waals surface area contributed by atoms with Crippen molar-refractivity contribution in [3.63, 3.8) is 0 Å². The number of ether oxygens (including phenoxy) is 1. The number of morpholine rings is 1. The lowest BCUT2D eigenvalue weighted by molar-refractivity contribution is -0.0939. The van der Waals surface area contributed by atoms with Crippen molar-refractivity contribution in [1.29, 1.82) is 0 Å². The minimum atomic E-state index is 0. The van der Waals surface area contributed by atoms with Gasteiger partial charge < -0.3 is 15.4 Å². The molecule has 0 aromatic carbocycles. The third-order valence-corrected chi connectivity index (χ3v) is 4.46. The zero-order chi connectivity index (χ0) is 16.6. The third-order valence-electron chi connectivity index (χ3n) is 3.84. The molecule has 0 bridgehead atoms. The Morgan fingerprint density at radius 3 is 2.39 bits per heavy atom. The molecular weight excluding hydrogens is 423 g/mol. The van der Waals surface area contributed by atoms with Crippen LogP contribution in [0.1, 0.15) is 34.6 Å². The van der Waals surface area contributed by atoms with Gasteiger partial charge in [0.05, 0.1) is 18.8 Å². The number of rotatable bonds is 7. The zero-order valence-electron chi connectivity index (χ0n) is 15.5. The molecule has 1 rings (SSSR count). The van der Waals surface area contributed by atoms with Gasteiger partial charge in [0.2, 0.25) is 0 Å². The molecule has 23 heavy (non-hydrogen) atoms. The summed E-state index contributed by atoms with van der Waals surface area (Å²) in [6, 6.07) is 0. The van der Waals surface area contributed by atoms with E-state index >= 15 is 0 Å². The van der Waals surface area contributed by atoms with Crippen LogP contribution in [0.2, 0.25) is 0 Å². The van der Waals surface area contributed by atoms with Crippen molar-refractivity contribution in [3.8, 4) is 0 Å². The minimum Gasteiger partial charge on any atom is -0.373 e. The molecule has 1 aliphatic rings. The average molecular weight is 458 g/mol. The maximum Gasteiger partial charge on any atom is 0.191 e. The Labute approximate surface area is 163 Å². The summed E-state index contributed by atoms with van der Waals surface area (Å²) in [5.74, 6) is 2.01. The van der Waals surface area contributed by atoms with Gasteiger partial charge in [-0.2, -0.15) is 11.8 Å². The Kier molecular flexibility index (Phi) is 11.9. The van der Waals surface area contributed by atoms with E-state index in [4.69, 9.17) is 9.73 Å². The smallest absolute Gasteiger partial charge is 0.191 e. The first-order valence-electron chi connectivity index (χ1n) is 8.30. The standard InChI is InChI=1S/C16H34N4OS.HI/c1-7-17-15(18-8-9-22-6)19-12-16(4,5)20-10-13(2)21-14(3)11-20;/h13-14H,7-12H2,1-6H3,(H2,17,18,19);1H. The third kappa shape index (κ3) is 8.79. The highest BCUT2D eigenvalue weighted by molar-refractivity contribution is 14.0. The van der Waals surface area contributed by atoms with Crippen molar-refractivity contribution in [3.05, 3.63) is 0 Å². The Bertz CT molecular complexity index is 345. The number of hydrogen-bond donors (Lipinski definition) is 2.